The zero-order valence-corrected chi connectivity index (χ0v) is 14.1. The number of hydrogen-bond donors (Lipinski definition) is 1. The summed E-state index contributed by atoms with van der Waals surface area (Å²) in [4.78, 5) is 5.75. The second-order valence-corrected chi connectivity index (χ2v) is 7.99. The van der Waals surface area contributed by atoms with E-state index in [0.29, 0.717) is 6.04 Å². The van der Waals surface area contributed by atoms with Gasteiger partial charge in [-0.15, -0.1) is 11.3 Å². The average molecular weight is 304 g/mol. The van der Waals surface area contributed by atoms with Crippen LogP contribution in [0.3, 0.4) is 0 Å². The molecule has 0 amide bonds. The summed E-state index contributed by atoms with van der Waals surface area (Å²) >= 11 is 1.81. The van der Waals surface area contributed by atoms with Crippen molar-refractivity contribution in [3.63, 3.8) is 0 Å². The molecule has 4 heteroatoms. The van der Waals surface area contributed by atoms with Gasteiger partial charge in [0, 0.05) is 35.6 Å². The number of aryl methyl sites for hydroxylation is 2. The Morgan fingerprint density at radius 1 is 1.48 bits per heavy atom. The Labute approximate surface area is 130 Å². The minimum Gasteiger partial charge on any atom is -0.466 e. The number of rotatable bonds is 4. The zero-order chi connectivity index (χ0) is 15.0. The van der Waals surface area contributed by atoms with Crippen molar-refractivity contribution in [2.24, 2.45) is 5.41 Å². The molecular formula is C17H24N2OS. The lowest BCUT2D eigenvalue weighted by molar-refractivity contribution is 0.234. The van der Waals surface area contributed by atoms with Crippen molar-refractivity contribution < 1.29 is 4.42 Å². The van der Waals surface area contributed by atoms with E-state index >= 15 is 0 Å². The Morgan fingerprint density at radius 2 is 2.29 bits per heavy atom. The number of nitrogens with one attached hydrogen (secondary N) is 1. The van der Waals surface area contributed by atoms with Crippen LogP contribution in [-0.4, -0.2) is 4.98 Å². The summed E-state index contributed by atoms with van der Waals surface area (Å²) < 4.78 is 5.90. The number of nitrogens with zero attached hydrogens (tertiary/aromatic N) is 1. The lowest BCUT2D eigenvalue weighted by Gasteiger charge is -2.34. The molecule has 0 aliphatic heterocycles. The summed E-state index contributed by atoms with van der Waals surface area (Å²) in [5.74, 6) is 2.19. The third-order valence-corrected chi connectivity index (χ3v) is 5.30. The SMILES string of the molecule is CCc1ncc(CNC2CC(C)(C)Cc3oc(C)cc32)s1. The molecule has 2 heterocycles. The third-order valence-electron chi connectivity index (χ3n) is 4.16. The summed E-state index contributed by atoms with van der Waals surface area (Å²) in [6.45, 7) is 9.73. The second kappa shape index (κ2) is 5.58. The van der Waals surface area contributed by atoms with Gasteiger partial charge in [0.1, 0.15) is 11.5 Å². The molecule has 3 rings (SSSR count). The molecule has 3 nitrogen and oxygen atoms in total. The van der Waals surface area contributed by atoms with E-state index in [9.17, 15) is 0 Å². The molecule has 0 bridgehead atoms. The van der Waals surface area contributed by atoms with Gasteiger partial charge in [-0.3, -0.25) is 0 Å². The van der Waals surface area contributed by atoms with E-state index in [1.54, 1.807) is 0 Å². The van der Waals surface area contributed by atoms with E-state index in [1.165, 1.54) is 21.2 Å². The molecule has 1 unspecified atom stereocenters. The van der Waals surface area contributed by atoms with Gasteiger partial charge in [-0.1, -0.05) is 20.8 Å². The molecular weight excluding hydrogens is 280 g/mol. The Morgan fingerprint density at radius 3 is 3.00 bits per heavy atom. The Balaban J connectivity index is 1.75. The Bertz CT molecular complexity index is 627. The predicted octanol–water partition coefficient (Wildman–Crippen LogP) is 4.41. The lowest BCUT2D eigenvalue weighted by atomic mass is 9.75. The normalized spacial score (nSPS) is 20.5. The molecule has 0 saturated heterocycles. The first-order chi connectivity index (χ1) is 9.97. The van der Waals surface area contributed by atoms with Gasteiger partial charge in [-0.25, -0.2) is 4.98 Å². The van der Waals surface area contributed by atoms with E-state index in [1.807, 2.05) is 24.5 Å². The molecule has 2 aromatic heterocycles. The van der Waals surface area contributed by atoms with Gasteiger partial charge >= 0.3 is 0 Å². The molecule has 0 spiro atoms. The highest BCUT2D eigenvalue weighted by Crippen LogP contribution is 2.42. The first-order valence-electron chi connectivity index (χ1n) is 7.73. The van der Waals surface area contributed by atoms with E-state index in [2.05, 4.69) is 37.1 Å². The molecule has 114 valence electrons. The number of hydrogen-bond acceptors (Lipinski definition) is 4. The van der Waals surface area contributed by atoms with Gasteiger partial charge < -0.3 is 9.73 Å². The van der Waals surface area contributed by atoms with Crippen molar-refractivity contribution >= 4 is 11.3 Å². The van der Waals surface area contributed by atoms with Crippen LogP contribution in [0, 0.1) is 12.3 Å². The number of aromatic nitrogens is 1. The topological polar surface area (TPSA) is 38.1 Å². The van der Waals surface area contributed by atoms with Crippen LogP contribution in [0.2, 0.25) is 0 Å². The molecule has 0 radical (unpaired) electrons. The fourth-order valence-electron chi connectivity index (χ4n) is 3.18. The lowest BCUT2D eigenvalue weighted by Crippen LogP contribution is -2.32. The highest BCUT2D eigenvalue weighted by Gasteiger charge is 2.34. The second-order valence-electron chi connectivity index (χ2n) is 6.79. The minimum atomic E-state index is 0.289. The van der Waals surface area contributed by atoms with E-state index in [0.717, 1.165) is 31.6 Å². The van der Waals surface area contributed by atoms with Crippen LogP contribution in [0.25, 0.3) is 0 Å². The monoisotopic (exact) mass is 304 g/mol. The molecule has 2 aromatic rings. The van der Waals surface area contributed by atoms with Gasteiger partial charge in [0.25, 0.3) is 0 Å². The first-order valence-corrected chi connectivity index (χ1v) is 8.54. The van der Waals surface area contributed by atoms with Crippen molar-refractivity contribution in [1.82, 2.24) is 10.3 Å². The third kappa shape index (κ3) is 3.22. The van der Waals surface area contributed by atoms with Crippen molar-refractivity contribution in [2.45, 2.75) is 59.5 Å². The molecule has 1 N–H and O–H groups in total. The summed E-state index contributed by atoms with van der Waals surface area (Å²) in [5.41, 5.74) is 1.64. The number of furan rings is 1. The average Bonchev–Trinajstić information content (AvgIpc) is 3.00. The van der Waals surface area contributed by atoms with Gasteiger partial charge in [-0.05, 0) is 31.2 Å². The van der Waals surface area contributed by atoms with Gasteiger partial charge in [0.05, 0.1) is 5.01 Å². The molecule has 0 fully saturated rings. The molecule has 1 aliphatic rings. The van der Waals surface area contributed by atoms with E-state index in [-0.39, 0.29) is 5.41 Å². The molecule has 1 aliphatic carbocycles. The fourth-order valence-corrected chi connectivity index (χ4v) is 4.00. The van der Waals surface area contributed by atoms with E-state index < -0.39 is 0 Å². The van der Waals surface area contributed by atoms with E-state index in [4.69, 9.17) is 4.42 Å². The van der Waals surface area contributed by atoms with Crippen LogP contribution in [0.1, 0.15) is 60.2 Å². The molecule has 21 heavy (non-hydrogen) atoms. The van der Waals surface area contributed by atoms with Crippen LogP contribution in [0.4, 0.5) is 0 Å². The number of thiazole rings is 1. The van der Waals surface area contributed by atoms with Crippen LogP contribution in [0.5, 0.6) is 0 Å². The number of fused-ring (bicyclic) bond motifs is 1. The maximum absolute atomic E-state index is 5.90. The first kappa shape index (κ1) is 14.8. The van der Waals surface area contributed by atoms with Crippen LogP contribution < -0.4 is 5.32 Å². The van der Waals surface area contributed by atoms with Crippen LogP contribution >= 0.6 is 11.3 Å². The zero-order valence-electron chi connectivity index (χ0n) is 13.3. The summed E-state index contributed by atoms with van der Waals surface area (Å²) in [5, 5.41) is 4.93. The highest BCUT2D eigenvalue weighted by molar-refractivity contribution is 7.11. The van der Waals surface area contributed by atoms with Crippen molar-refractivity contribution in [2.75, 3.05) is 0 Å². The van der Waals surface area contributed by atoms with Crippen LogP contribution in [-0.2, 0) is 19.4 Å². The Hall–Kier alpha value is -1.13. The smallest absolute Gasteiger partial charge is 0.109 e. The highest BCUT2D eigenvalue weighted by atomic mass is 32.1. The van der Waals surface area contributed by atoms with Crippen LogP contribution in [0.15, 0.2) is 16.7 Å². The summed E-state index contributed by atoms with van der Waals surface area (Å²) in [6.07, 6.45) is 5.21. The predicted molar refractivity (Wildman–Crippen MR) is 86.6 cm³/mol. The van der Waals surface area contributed by atoms with Gasteiger partial charge in [0.15, 0.2) is 0 Å². The van der Waals surface area contributed by atoms with Crippen molar-refractivity contribution in [3.05, 3.63) is 39.2 Å². The summed E-state index contributed by atoms with van der Waals surface area (Å²) in [6, 6.07) is 2.58. The molecule has 0 aromatic carbocycles. The standard InChI is InChI=1S/C17H24N2OS/c1-5-16-19-10-12(21-16)9-18-14-7-17(3,4)8-15-13(14)6-11(2)20-15/h6,10,14,18H,5,7-9H2,1-4H3. The maximum Gasteiger partial charge on any atom is 0.109 e. The minimum absolute atomic E-state index is 0.289. The quantitative estimate of drug-likeness (QED) is 0.909. The van der Waals surface area contributed by atoms with Crippen molar-refractivity contribution in [1.29, 1.82) is 0 Å². The fraction of sp³-hybridized carbons (Fsp3) is 0.588. The molecule has 1 atom stereocenters. The molecule has 0 saturated carbocycles. The van der Waals surface area contributed by atoms with Gasteiger partial charge in [-0.2, -0.15) is 0 Å². The Kier molecular flexibility index (Phi) is 3.93. The van der Waals surface area contributed by atoms with Gasteiger partial charge in [0.2, 0.25) is 0 Å². The summed E-state index contributed by atoms with van der Waals surface area (Å²) in [7, 11) is 0. The largest absolute Gasteiger partial charge is 0.466 e. The maximum atomic E-state index is 5.90. The van der Waals surface area contributed by atoms with Crippen molar-refractivity contribution in [3.8, 4) is 0 Å².